The highest BCUT2D eigenvalue weighted by molar-refractivity contribution is 5.92. The third-order valence-corrected chi connectivity index (χ3v) is 3.40. The van der Waals surface area contributed by atoms with Gasteiger partial charge in [0.15, 0.2) is 5.43 Å². The summed E-state index contributed by atoms with van der Waals surface area (Å²) in [7, 11) is 0. The number of carboxylic acids is 1. The van der Waals surface area contributed by atoms with Gasteiger partial charge in [-0.3, -0.25) is 4.79 Å². The van der Waals surface area contributed by atoms with E-state index in [4.69, 9.17) is 0 Å². The van der Waals surface area contributed by atoms with Crippen LogP contribution in [0.25, 0.3) is 10.9 Å². The maximum atomic E-state index is 14.1. The number of rotatable bonds is 4. The van der Waals surface area contributed by atoms with Gasteiger partial charge in [0.25, 0.3) is 0 Å². The zero-order valence-corrected chi connectivity index (χ0v) is 11.4. The van der Waals surface area contributed by atoms with Gasteiger partial charge in [-0.1, -0.05) is 19.4 Å². The van der Waals surface area contributed by atoms with Crippen molar-refractivity contribution in [3.63, 3.8) is 0 Å². The van der Waals surface area contributed by atoms with Gasteiger partial charge in [0.05, 0.1) is 5.52 Å². The topological polar surface area (TPSA) is 59.3 Å². The average Bonchev–Trinajstić information content (AvgIpc) is 2.40. The number of benzene rings is 1. The van der Waals surface area contributed by atoms with Crippen molar-refractivity contribution in [1.29, 1.82) is 0 Å². The molecule has 0 spiro atoms. The zero-order chi connectivity index (χ0) is 14.9. The van der Waals surface area contributed by atoms with E-state index in [1.165, 1.54) is 29.7 Å². The Kier molecular flexibility index (Phi) is 3.88. The molecule has 4 nitrogen and oxygen atoms in total. The largest absolute Gasteiger partial charge is 0.477 e. The first-order chi connectivity index (χ1) is 9.49. The van der Waals surface area contributed by atoms with Gasteiger partial charge in [0.1, 0.15) is 11.5 Å². The molecule has 0 unspecified atom stereocenters. The summed E-state index contributed by atoms with van der Waals surface area (Å²) in [5.74, 6) is -1.78. The van der Waals surface area contributed by atoms with Crippen LogP contribution in [-0.4, -0.2) is 15.6 Å². The van der Waals surface area contributed by atoms with E-state index < -0.39 is 17.2 Å². The number of carboxylic acid groups (broad SMARTS) is 1. The first kappa shape index (κ1) is 14.2. The van der Waals surface area contributed by atoms with E-state index in [1.807, 2.05) is 6.92 Å². The van der Waals surface area contributed by atoms with Crippen LogP contribution in [0.15, 0.2) is 23.0 Å². The summed E-state index contributed by atoms with van der Waals surface area (Å²) in [4.78, 5) is 23.6. The van der Waals surface area contributed by atoms with Crippen molar-refractivity contribution in [2.24, 2.45) is 0 Å². The number of nitrogens with zero attached hydrogens (tertiary/aromatic N) is 1. The van der Waals surface area contributed by atoms with E-state index in [0.717, 1.165) is 6.42 Å². The fraction of sp³-hybridized carbons (Fsp3) is 0.333. The van der Waals surface area contributed by atoms with Crippen molar-refractivity contribution < 1.29 is 14.3 Å². The van der Waals surface area contributed by atoms with Gasteiger partial charge in [-0.15, -0.1) is 0 Å². The molecule has 0 atom stereocenters. The molecular weight excluding hydrogens is 261 g/mol. The Labute approximate surface area is 115 Å². The lowest BCUT2D eigenvalue weighted by atomic mass is 10.1. The normalized spacial score (nSPS) is 10.9. The van der Waals surface area contributed by atoms with E-state index in [0.29, 0.717) is 13.0 Å². The molecule has 1 aromatic carbocycles. The molecule has 0 saturated heterocycles. The van der Waals surface area contributed by atoms with Crippen LogP contribution in [0.4, 0.5) is 4.39 Å². The van der Waals surface area contributed by atoms with Crippen LogP contribution in [0, 0.1) is 12.7 Å². The average molecular weight is 277 g/mol. The molecule has 2 rings (SSSR count). The van der Waals surface area contributed by atoms with Crippen LogP contribution in [-0.2, 0) is 6.54 Å². The number of halogens is 1. The monoisotopic (exact) mass is 277 g/mol. The minimum Gasteiger partial charge on any atom is -0.477 e. The number of aromatic carboxylic acids is 1. The van der Waals surface area contributed by atoms with Crippen LogP contribution in [0.5, 0.6) is 0 Å². The van der Waals surface area contributed by atoms with Gasteiger partial charge in [0.2, 0.25) is 0 Å². The van der Waals surface area contributed by atoms with E-state index in [-0.39, 0.29) is 22.2 Å². The molecule has 0 fully saturated rings. The molecule has 20 heavy (non-hydrogen) atoms. The lowest BCUT2D eigenvalue weighted by molar-refractivity contribution is 0.0683. The van der Waals surface area contributed by atoms with E-state index >= 15 is 0 Å². The van der Waals surface area contributed by atoms with Crippen molar-refractivity contribution in [3.05, 3.63) is 45.5 Å². The number of fused-ring (bicyclic) bond motifs is 1. The second kappa shape index (κ2) is 5.45. The number of carbonyl (C=O) groups is 1. The fourth-order valence-electron chi connectivity index (χ4n) is 2.41. The molecule has 0 bridgehead atoms. The second-order valence-corrected chi connectivity index (χ2v) is 4.75. The minimum absolute atomic E-state index is 0.0777. The Balaban J connectivity index is 2.95. The fourth-order valence-corrected chi connectivity index (χ4v) is 2.41. The summed E-state index contributed by atoms with van der Waals surface area (Å²) in [6.45, 7) is 3.81. The van der Waals surface area contributed by atoms with Crippen molar-refractivity contribution in [1.82, 2.24) is 4.57 Å². The second-order valence-electron chi connectivity index (χ2n) is 4.75. The summed E-state index contributed by atoms with van der Waals surface area (Å²) in [5.41, 5.74) is -0.327. The molecule has 2 aromatic rings. The first-order valence-electron chi connectivity index (χ1n) is 6.54. The van der Waals surface area contributed by atoms with E-state index in [9.17, 15) is 19.1 Å². The summed E-state index contributed by atoms with van der Waals surface area (Å²) >= 11 is 0. The van der Waals surface area contributed by atoms with Crippen molar-refractivity contribution in [2.45, 2.75) is 33.2 Å². The number of pyridine rings is 1. The maximum absolute atomic E-state index is 14.1. The summed E-state index contributed by atoms with van der Waals surface area (Å²) in [6, 6.07) is 4.23. The maximum Gasteiger partial charge on any atom is 0.352 e. The summed E-state index contributed by atoms with van der Waals surface area (Å²) in [6.07, 6.45) is 1.56. The lowest BCUT2D eigenvalue weighted by Gasteiger charge is -2.16. The third kappa shape index (κ3) is 2.19. The molecule has 1 aromatic heterocycles. The molecule has 1 heterocycles. The van der Waals surface area contributed by atoms with Crippen LogP contribution in [0.1, 0.15) is 35.8 Å². The number of hydrogen-bond donors (Lipinski definition) is 1. The van der Waals surface area contributed by atoms with E-state index in [2.05, 4.69) is 0 Å². The predicted octanol–water partition coefficient (Wildman–Crippen LogP) is 2.95. The van der Waals surface area contributed by atoms with Crippen molar-refractivity contribution in [3.8, 4) is 0 Å². The van der Waals surface area contributed by atoms with Gasteiger partial charge in [-0.2, -0.15) is 0 Å². The molecule has 5 heteroatoms. The lowest BCUT2D eigenvalue weighted by Crippen LogP contribution is -2.23. The van der Waals surface area contributed by atoms with Gasteiger partial charge in [0, 0.05) is 17.5 Å². The highest BCUT2D eigenvalue weighted by atomic mass is 19.1. The minimum atomic E-state index is -1.21. The Bertz CT molecular complexity index is 734. The standard InChI is InChI=1S/C15H16FNO3/c1-3-4-8-17-12(15(19)20)9(2)14(18)10-6-5-7-11(16)13(10)17/h5-7H,3-4,8H2,1-2H3,(H,19,20). The Hall–Kier alpha value is -2.17. The predicted molar refractivity (Wildman–Crippen MR) is 74.8 cm³/mol. The first-order valence-corrected chi connectivity index (χ1v) is 6.54. The molecule has 106 valence electrons. The SMILES string of the molecule is CCCCn1c(C(=O)O)c(C)c(=O)c2cccc(F)c21. The van der Waals surface area contributed by atoms with Crippen molar-refractivity contribution in [2.75, 3.05) is 0 Å². The number of unbranched alkanes of at least 4 members (excludes halogenated alkanes) is 1. The number of aryl methyl sites for hydroxylation is 1. The number of para-hydroxylation sites is 1. The Morgan fingerprint density at radius 1 is 1.40 bits per heavy atom. The van der Waals surface area contributed by atoms with Gasteiger partial charge in [-0.05, 0) is 25.5 Å². The molecule has 0 aliphatic rings. The van der Waals surface area contributed by atoms with Crippen LogP contribution < -0.4 is 5.43 Å². The van der Waals surface area contributed by atoms with Crippen LogP contribution in [0.3, 0.4) is 0 Å². The molecule has 0 aliphatic carbocycles. The molecular formula is C15H16FNO3. The molecule has 0 aliphatic heterocycles. The third-order valence-electron chi connectivity index (χ3n) is 3.40. The molecule has 0 radical (unpaired) electrons. The molecule has 0 amide bonds. The highest BCUT2D eigenvalue weighted by Gasteiger charge is 2.20. The van der Waals surface area contributed by atoms with Crippen molar-refractivity contribution >= 4 is 16.9 Å². The number of hydrogen-bond acceptors (Lipinski definition) is 2. The highest BCUT2D eigenvalue weighted by Crippen LogP contribution is 2.20. The van der Waals surface area contributed by atoms with Crippen LogP contribution >= 0.6 is 0 Å². The zero-order valence-electron chi connectivity index (χ0n) is 11.4. The van der Waals surface area contributed by atoms with Gasteiger partial charge < -0.3 is 9.67 Å². The summed E-state index contributed by atoms with van der Waals surface area (Å²) in [5, 5.41) is 9.56. The smallest absolute Gasteiger partial charge is 0.352 e. The number of aromatic nitrogens is 1. The van der Waals surface area contributed by atoms with E-state index in [1.54, 1.807) is 0 Å². The van der Waals surface area contributed by atoms with Gasteiger partial charge >= 0.3 is 5.97 Å². The quantitative estimate of drug-likeness (QED) is 0.934. The van der Waals surface area contributed by atoms with Gasteiger partial charge in [-0.25, -0.2) is 9.18 Å². The summed E-state index contributed by atoms with van der Waals surface area (Å²) < 4.78 is 15.5. The Morgan fingerprint density at radius 3 is 2.70 bits per heavy atom. The van der Waals surface area contributed by atoms with Crippen LogP contribution in [0.2, 0.25) is 0 Å². The molecule has 0 saturated carbocycles. The Morgan fingerprint density at radius 2 is 2.10 bits per heavy atom. The molecule has 1 N–H and O–H groups in total.